The summed E-state index contributed by atoms with van der Waals surface area (Å²) < 4.78 is 6.86. The molecule has 1 amide bonds. The highest BCUT2D eigenvalue weighted by atomic mass is 79.9. The molecule has 6 heteroatoms. The van der Waals surface area contributed by atoms with E-state index in [1.807, 2.05) is 37.2 Å². The van der Waals surface area contributed by atoms with Crippen molar-refractivity contribution >= 4 is 37.8 Å². The summed E-state index contributed by atoms with van der Waals surface area (Å²) in [6.45, 7) is 2.83. The molecule has 1 rings (SSSR count). The number of hydrogen-bond acceptors (Lipinski definition) is 3. The van der Waals surface area contributed by atoms with Gasteiger partial charge in [0.2, 0.25) is 0 Å². The van der Waals surface area contributed by atoms with Gasteiger partial charge in [0.25, 0.3) is 5.91 Å². The van der Waals surface area contributed by atoms with Gasteiger partial charge in [0.1, 0.15) is 0 Å². The molecule has 0 aliphatic heterocycles. The Morgan fingerprint density at radius 3 is 2.48 bits per heavy atom. The Morgan fingerprint density at radius 1 is 1.19 bits per heavy atom. The lowest BCUT2D eigenvalue weighted by Crippen LogP contribution is -2.36. The fourth-order valence-corrected chi connectivity index (χ4v) is 3.14. The van der Waals surface area contributed by atoms with Crippen molar-refractivity contribution < 1.29 is 9.53 Å². The summed E-state index contributed by atoms with van der Waals surface area (Å²) in [7, 11) is 5.72. The SMILES string of the molecule is COCCN(CCCN(C)C)C(=O)c1ccc(Br)cc1Br. The summed E-state index contributed by atoms with van der Waals surface area (Å²) in [5.41, 5.74) is 0.680. The van der Waals surface area contributed by atoms with Crippen LogP contribution in [-0.2, 0) is 4.74 Å². The minimum atomic E-state index is 0.0326. The molecule has 0 aromatic heterocycles. The maximum absolute atomic E-state index is 12.7. The molecule has 0 radical (unpaired) electrons. The highest BCUT2D eigenvalue weighted by Crippen LogP contribution is 2.23. The zero-order chi connectivity index (χ0) is 15.8. The van der Waals surface area contributed by atoms with E-state index in [9.17, 15) is 4.79 Å². The van der Waals surface area contributed by atoms with Gasteiger partial charge >= 0.3 is 0 Å². The third kappa shape index (κ3) is 6.46. The normalized spacial score (nSPS) is 11.0. The molecule has 21 heavy (non-hydrogen) atoms. The molecule has 0 bridgehead atoms. The van der Waals surface area contributed by atoms with Crippen molar-refractivity contribution in [2.45, 2.75) is 6.42 Å². The molecular formula is C15H22Br2N2O2. The zero-order valence-corrected chi connectivity index (χ0v) is 15.9. The van der Waals surface area contributed by atoms with Gasteiger partial charge in [-0.05, 0) is 61.2 Å². The van der Waals surface area contributed by atoms with Crippen LogP contribution in [0.3, 0.4) is 0 Å². The predicted molar refractivity (Wildman–Crippen MR) is 92.8 cm³/mol. The van der Waals surface area contributed by atoms with E-state index >= 15 is 0 Å². The smallest absolute Gasteiger partial charge is 0.255 e. The van der Waals surface area contributed by atoms with Gasteiger partial charge in [-0.15, -0.1) is 0 Å². The van der Waals surface area contributed by atoms with Gasteiger partial charge in [-0.2, -0.15) is 0 Å². The summed E-state index contributed by atoms with van der Waals surface area (Å²) in [5.74, 6) is 0.0326. The third-order valence-corrected chi connectivity index (χ3v) is 4.20. The van der Waals surface area contributed by atoms with E-state index in [-0.39, 0.29) is 5.91 Å². The van der Waals surface area contributed by atoms with Crippen LogP contribution in [0.4, 0.5) is 0 Å². The Labute approximate surface area is 143 Å². The topological polar surface area (TPSA) is 32.8 Å². The summed E-state index contributed by atoms with van der Waals surface area (Å²) in [6.07, 6.45) is 0.941. The molecule has 0 fully saturated rings. The van der Waals surface area contributed by atoms with Gasteiger partial charge < -0.3 is 14.5 Å². The first-order valence-electron chi connectivity index (χ1n) is 6.83. The van der Waals surface area contributed by atoms with E-state index in [0.717, 1.165) is 28.5 Å². The number of rotatable bonds is 8. The molecule has 118 valence electrons. The van der Waals surface area contributed by atoms with Crippen molar-refractivity contribution in [3.63, 3.8) is 0 Å². The molecule has 0 aliphatic rings. The van der Waals surface area contributed by atoms with Gasteiger partial charge in [0.05, 0.1) is 12.2 Å². The zero-order valence-electron chi connectivity index (χ0n) is 12.7. The Hall–Kier alpha value is -0.430. The molecule has 0 saturated carbocycles. The van der Waals surface area contributed by atoms with E-state index in [0.29, 0.717) is 18.7 Å². The quantitative estimate of drug-likeness (QED) is 0.645. The number of carbonyl (C=O) groups is 1. The number of hydrogen-bond donors (Lipinski definition) is 0. The Kier molecular flexibility index (Phi) is 8.48. The first-order valence-corrected chi connectivity index (χ1v) is 8.42. The number of benzene rings is 1. The minimum Gasteiger partial charge on any atom is -0.383 e. The predicted octanol–water partition coefficient (Wildman–Crippen LogP) is 3.25. The van der Waals surface area contributed by atoms with Gasteiger partial charge in [-0.3, -0.25) is 4.79 Å². The molecule has 0 atom stereocenters. The van der Waals surface area contributed by atoms with Crippen molar-refractivity contribution in [2.75, 3.05) is 47.4 Å². The number of nitrogens with zero attached hydrogens (tertiary/aromatic N) is 2. The molecule has 0 saturated heterocycles. The lowest BCUT2D eigenvalue weighted by Gasteiger charge is -2.24. The highest BCUT2D eigenvalue weighted by molar-refractivity contribution is 9.11. The number of ether oxygens (including phenoxy) is 1. The molecule has 0 N–H and O–H groups in total. The van der Waals surface area contributed by atoms with E-state index in [1.54, 1.807) is 7.11 Å². The summed E-state index contributed by atoms with van der Waals surface area (Å²) in [4.78, 5) is 16.6. The van der Waals surface area contributed by atoms with Gasteiger partial charge in [-0.25, -0.2) is 0 Å². The minimum absolute atomic E-state index is 0.0326. The van der Waals surface area contributed by atoms with Crippen LogP contribution in [0.5, 0.6) is 0 Å². The maximum Gasteiger partial charge on any atom is 0.255 e. The standard InChI is InChI=1S/C15H22Br2N2O2/c1-18(2)7-4-8-19(9-10-21-3)15(20)13-6-5-12(16)11-14(13)17/h5-6,11H,4,7-10H2,1-3H3. The first-order chi connectivity index (χ1) is 9.95. The number of methoxy groups -OCH3 is 1. The monoisotopic (exact) mass is 420 g/mol. The van der Waals surface area contributed by atoms with Crippen molar-refractivity contribution in [1.82, 2.24) is 9.80 Å². The second-order valence-corrected chi connectivity index (χ2v) is 6.84. The first kappa shape index (κ1) is 18.6. The van der Waals surface area contributed by atoms with Crippen LogP contribution >= 0.6 is 31.9 Å². The van der Waals surface area contributed by atoms with Crippen LogP contribution < -0.4 is 0 Å². The molecule has 4 nitrogen and oxygen atoms in total. The molecule has 1 aromatic rings. The average Bonchev–Trinajstić information content (AvgIpc) is 2.41. The summed E-state index contributed by atoms with van der Waals surface area (Å²) >= 11 is 6.86. The number of amides is 1. The van der Waals surface area contributed by atoms with Gasteiger partial charge in [-0.1, -0.05) is 15.9 Å². The van der Waals surface area contributed by atoms with Crippen molar-refractivity contribution in [3.8, 4) is 0 Å². The fourth-order valence-electron chi connectivity index (χ4n) is 1.93. The van der Waals surface area contributed by atoms with Crippen LogP contribution in [0.1, 0.15) is 16.8 Å². The van der Waals surface area contributed by atoms with E-state index < -0.39 is 0 Å². The van der Waals surface area contributed by atoms with E-state index in [4.69, 9.17) is 4.74 Å². The summed E-state index contributed by atoms with van der Waals surface area (Å²) in [6, 6.07) is 5.61. The number of carbonyl (C=O) groups excluding carboxylic acids is 1. The van der Waals surface area contributed by atoms with Crippen LogP contribution in [-0.4, -0.2) is 63.2 Å². The Balaban J connectivity index is 2.77. The second kappa shape index (κ2) is 9.56. The summed E-state index contributed by atoms with van der Waals surface area (Å²) in [5, 5.41) is 0. The van der Waals surface area contributed by atoms with Crippen LogP contribution in [0, 0.1) is 0 Å². The van der Waals surface area contributed by atoms with Crippen LogP contribution in [0.2, 0.25) is 0 Å². The second-order valence-electron chi connectivity index (χ2n) is 5.07. The largest absolute Gasteiger partial charge is 0.383 e. The van der Waals surface area contributed by atoms with Crippen LogP contribution in [0.15, 0.2) is 27.1 Å². The van der Waals surface area contributed by atoms with E-state index in [2.05, 4.69) is 36.8 Å². The van der Waals surface area contributed by atoms with Crippen LogP contribution in [0.25, 0.3) is 0 Å². The molecule has 1 aromatic carbocycles. The fraction of sp³-hybridized carbons (Fsp3) is 0.533. The lowest BCUT2D eigenvalue weighted by atomic mass is 10.2. The highest BCUT2D eigenvalue weighted by Gasteiger charge is 2.18. The maximum atomic E-state index is 12.7. The Bertz CT molecular complexity index is 467. The van der Waals surface area contributed by atoms with Crippen molar-refractivity contribution in [1.29, 1.82) is 0 Å². The Morgan fingerprint density at radius 2 is 1.90 bits per heavy atom. The molecule has 0 aliphatic carbocycles. The van der Waals surface area contributed by atoms with Gasteiger partial charge in [0, 0.05) is 29.1 Å². The van der Waals surface area contributed by atoms with Crippen molar-refractivity contribution in [3.05, 3.63) is 32.7 Å². The molecule has 0 unspecified atom stereocenters. The number of halogens is 2. The lowest BCUT2D eigenvalue weighted by molar-refractivity contribution is 0.0688. The molecular weight excluding hydrogens is 400 g/mol. The van der Waals surface area contributed by atoms with Crippen molar-refractivity contribution in [2.24, 2.45) is 0 Å². The average molecular weight is 422 g/mol. The molecule has 0 spiro atoms. The van der Waals surface area contributed by atoms with E-state index in [1.165, 1.54) is 0 Å². The third-order valence-electron chi connectivity index (χ3n) is 3.05. The van der Waals surface area contributed by atoms with Gasteiger partial charge in [0.15, 0.2) is 0 Å². The molecule has 0 heterocycles.